The first kappa shape index (κ1) is 21.4. The summed E-state index contributed by atoms with van der Waals surface area (Å²) in [7, 11) is 0. The lowest BCUT2D eigenvalue weighted by Gasteiger charge is -2.19. The van der Waals surface area contributed by atoms with Crippen molar-refractivity contribution in [3.05, 3.63) is 65.8 Å². The SMILES string of the molecule is Cl.Cl.NCCN(CCc1ccccc1)Cc1nc2ccc(F)cc2o1. The lowest BCUT2D eigenvalue weighted by molar-refractivity contribution is 0.250. The van der Waals surface area contributed by atoms with Gasteiger partial charge in [-0.15, -0.1) is 24.8 Å². The van der Waals surface area contributed by atoms with Crippen LogP contribution >= 0.6 is 24.8 Å². The molecule has 3 rings (SSSR count). The van der Waals surface area contributed by atoms with E-state index in [0.29, 0.717) is 30.1 Å². The maximum absolute atomic E-state index is 13.2. The first-order chi connectivity index (χ1) is 11.2. The molecule has 0 aliphatic rings. The van der Waals surface area contributed by atoms with Crippen LogP contribution in [0.5, 0.6) is 0 Å². The van der Waals surface area contributed by atoms with Crippen molar-refractivity contribution in [3.8, 4) is 0 Å². The number of halogens is 3. The van der Waals surface area contributed by atoms with Crippen LogP contribution in [0.3, 0.4) is 0 Å². The van der Waals surface area contributed by atoms with E-state index in [1.54, 1.807) is 6.07 Å². The van der Waals surface area contributed by atoms with Gasteiger partial charge >= 0.3 is 0 Å². The Morgan fingerprint density at radius 3 is 2.52 bits per heavy atom. The molecule has 1 heterocycles. The molecule has 3 aromatic rings. The van der Waals surface area contributed by atoms with Crippen LogP contribution in [-0.4, -0.2) is 29.5 Å². The number of hydrogen-bond acceptors (Lipinski definition) is 4. The number of hydrogen-bond donors (Lipinski definition) is 1. The van der Waals surface area contributed by atoms with Crippen LogP contribution in [0.4, 0.5) is 4.39 Å². The molecular formula is C18H22Cl2FN3O. The summed E-state index contributed by atoms with van der Waals surface area (Å²) >= 11 is 0. The molecule has 0 atom stereocenters. The van der Waals surface area contributed by atoms with Crippen molar-refractivity contribution in [3.63, 3.8) is 0 Å². The molecule has 0 bridgehead atoms. The third kappa shape index (κ3) is 5.97. The van der Waals surface area contributed by atoms with Gasteiger partial charge in [0, 0.05) is 25.7 Å². The lowest BCUT2D eigenvalue weighted by Crippen LogP contribution is -2.31. The van der Waals surface area contributed by atoms with E-state index in [0.717, 1.165) is 19.5 Å². The second-order valence-electron chi connectivity index (χ2n) is 5.52. The predicted octanol–water partition coefficient (Wildman–Crippen LogP) is 3.81. The summed E-state index contributed by atoms with van der Waals surface area (Å²) in [6.07, 6.45) is 0.940. The van der Waals surface area contributed by atoms with Gasteiger partial charge in [0.2, 0.25) is 5.89 Å². The zero-order valence-corrected chi connectivity index (χ0v) is 15.4. The molecule has 0 aliphatic carbocycles. The highest BCUT2D eigenvalue weighted by Gasteiger charge is 2.12. The average Bonchev–Trinajstić information content (AvgIpc) is 2.95. The zero-order chi connectivity index (χ0) is 16.1. The van der Waals surface area contributed by atoms with E-state index in [9.17, 15) is 4.39 Å². The van der Waals surface area contributed by atoms with Crippen LogP contribution < -0.4 is 5.73 Å². The molecule has 4 nitrogen and oxygen atoms in total. The van der Waals surface area contributed by atoms with Gasteiger partial charge in [0.05, 0.1) is 6.54 Å². The van der Waals surface area contributed by atoms with E-state index in [-0.39, 0.29) is 30.6 Å². The summed E-state index contributed by atoms with van der Waals surface area (Å²) in [6.45, 7) is 2.78. The van der Waals surface area contributed by atoms with Crippen LogP contribution in [0.25, 0.3) is 11.1 Å². The Kier molecular flexibility index (Phi) is 8.86. The van der Waals surface area contributed by atoms with Crippen LogP contribution in [0, 0.1) is 5.82 Å². The zero-order valence-electron chi connectivity index (χ0n) is 13.7. The number of fused-ring (bicyclic) bond motifs is 1. The van der Waals surface area contributed by atoms with Crippen molar-refractivity contribution < 1.29 is 8.81 Å². The smallest absolute Gasteiger partial charge is 0.209 e. The van der Waals surface area contributed by atoms with Gasteiger partial charge in [0.15, 0.2) is 5.58 Å². The number of aromatic nitrogens is 1. The first-order valence-electron chi connectivity index (χ1n) is 7.76. The fraction of sp³-hybridized carbons (Fsp3) is 0.278. The van der Waals surface area contributed by atoms with Gasteiger partial charge < -0.3 is 10.2 Å². The van der Waals surface area contributed by atoms with Crippen molar-refractivity contribution in [2.24, 2.45) is 5.73 Å². The minimum Gasteiger partial charge on any atom is -0.439 e. The highest BCUT2D eigenvalue weighted by atomic mass is 35.5. The molecule has 0 spiro atoms. The molecule has 0 radical (unpaired) electrons. The van der Waals surface area contributed by atoms with Gasteiger partial charge in [-0.1, -0.05) is 30.3 Å². The molecule has 0 aliphatic heterocycles. The van der Waals surface area contributed by atoms with E-state index >= 15 is 0 Å². The third-order valence-corrected chi connectivity index (χ3v) is 3.76. The van der Waals surface area contributed by atoms with Gasteiger partial charge in [-0.2, -0.15) is 0 Å². The quantitative estimate of drug-likeness (QED) is 0.671. The highest BCUT2D eigenvalue weighted by Crippen LogP contribution is 2.18. The average molecular weight is 386 g/mol. The van der Waals surface area contributed by atoms with Gasteiger partial charge in [-0.05, 0) is 24.1 Å². The standard InChI is InChI=1S/C18H20FN3O.2ClH/c19-15-6-7-16-17(12-15)23-18(21-16)13-22(11-9-20)10-8-14-4-2-1-3-5-14;;/h1-7,12H,8-11,13,20H2;2*1H. The van der Waals surface area contributed by atoms with Crippen molar-refractivity contribution >= 4 is 35.9 Å². The molecule has 2 N–H and O–H groups in total. The van der Waals surface area contributed by atoms with E-state index < -0.39 is 0 Å². The highest BCUT2D eigenvalue weighted by molar-refractivity contribution is 5.85. The molecule has 7 heteroatoms. The van der Waals surface area contributed by atoms with Crippen molar-refractivity contribution in [2.45, 2.75) is 13.0 Å². The van der Waals surface area contributed by atoms with Crippen LogP contribution in [-0.2, 0) is 13.0 Å². The molecule has 136 valence electrons. The Balaban J connectivity index is 0.00000156. The van der Waals surface area contributed by atoms with Gasteiger partial charge in [0.1, 0.15) is 11.3 Å². The Bertz CT molecular complexity index is 767. The normalized spacial score (nSPS) is 10.5. The van der Waals surface area contributed by atoms with E-state index in [1.165, 1.54) is 17.7 Å². The summed E-state index contributed by atoms with van der Waals surface area (Å²) < 4.78 is 18.9. The van der Waals surface area contributed by atoms with Crippen molar-refractivity contribution in [1.29, 1.82) is 0 Å². The fourth-order valence-electron chi connectivity index (χ4n) is 2.59. The molecule has 1 aromatic heterocycles. The van der Waals surface area contributed by atoms with Crippen molar-refractivity contribution in [2.75, 3.05) is 19.6 Å². The molecule has 0 amide bonds. The summed E-state index contributed by atoms with van der Waals surface area (Å²) in [5.74, 6) is 0.273. The van der Waals surface area contributed by atoms with E-state index in [2.05, 4.69) is 22.0 Å². The van der Waals surface area contributed by atoms with Gasteiger partial charge in [-0.3, -0.25) is 4.90 Å². The van der Waals surface area contributed by atoms with Crippen LogP contribution in [0.15, 0.2) is 52.9 Å². The number of rotatable bonds is 7. The summed E-state index contributed by atoms with van der Waals surface area (Å²) in [5.41, 5.74) is 8.15. The first-order valence-corrected chi connectivity index (χ1v) is 7.76. The number of benzene rings is 2. The predicted molar refractivity (Wildman–Crippen MR) is 103 cm³/mol. The maximum Gasteiger partial charge on any atom is 0.209 e. The maximum atomic E-state index is 13.2. The Hall–Kier alpha value is -1.66. The Morgan fingerprint density at radius 1 is 1.04 bits per heavy atom. The molecule has 0 unspecified atom stereocenters. The number of nitrogens with zero attached hydrogens (tertiary/aromatic N) is 2. The Labute approximate surface area is 159 Å². The fourth-order valence-corrected chi connectivity index (χ4v) is 2.59. The summed E-state index contributed by atoms with van der Waals surface area (Å²) in [6, 6.07) is 14.7. The Morgan fingerprint density at radius 2 is 1.80 bits per heavy atom. The van der Waals surface area contributed by atoms with Crippen molar-refractivity contribution in [1.82, 2.24) is 9.88 Å². The molecule has 25 heavy (non-hydrogen) atoms. The minimum absolute atomic E-state index is 0. The van der Waals surface area contributed by atoms with E-state index in [1.807, 2.05) is 18.2 Å². The largest absolute Gasteiger partial charge is 0.439 e. The van der Waals surface area contributed by atoms with Crippen LogP contribution in [0.2, 0.25) is 0 Å². The number of oxazole rings is 1. The van der Waals surface area contributed by atoms with E-state index in [4.69, 9.17) is 10.2 Å². The number of nitrogens with two attached hydrogens (primary N) is 1. The molecule has 2 aromatic carbocycles. The van der Waals surface area contributed by atoms with Gasteiger partial charge in [0.25, 0.3) is 0 Å². The van der Waals surface area contributed by atoms with Gasteiger partial charge in [-0.25, -0.2) is 9.37 Å². The third-order valence-electron chi connectivity index (χ3n) is 3.76. The molecule has 0 saturated heterocycles. The molecule has 0 fully saturated rings. The monoisotopic (exact) mass is 385 g/mol. The molecular weight excluding hydrogens is 364 g/mol. The van der Waals surface area contributed by atoms with Crippen LogP contribution in [0.1, 0.15) is 11.5 Å². The molecule has 0 saturated carbocycles. The summed E-state index contributed by atoms with van der Waals surface area (Å²) in [4.78, 5) is 6.62. The minimum atomic E-state index is -0.317. The lowest BCUT2D eigenvalue weighted by atomic mass is 10.1. The summed E-state index contributed by atoms with van der Waals surface area (Å²) in [5, 5.41) is 0. The second-order valence-corrected chi connectivity index (χ2v) is 5.52. The second kappa shape index (κ2) is 10.4. The topological polar surface area (TPSA) is 55.3 Å².